The van der Waals surface area contributed by atoms with Crippen molar-refractivity contribution in [3.63, 3.8) is 0 Å². The summed E-state index contributed by atoms with van der Waals surface area (Å²) < 4.78 is 6.03. The molecule has 2 aliphatic heterocycles. The van der Waals surface area contributed by atoms with Crippen LogP contribution in [0.15, 0.2) is 18.2 Å². The van der Waals surface area contributed by atoms with Gasteiger partial charge in [-0.25, -0.2) is 0 Å². The van der Waals surface area contributed by atoms with Crippen molar-refractivity contribution in [2.75, 3.05) is 26.2 Å². The topological polar surface area (TPSA) is 32.7 Å². The molecule has 0 amide bonds. The zero-order valence-electron chi connectivity index (χ0n) is 11.6. The maximum absolute atomic E-state index is 9.16. The van der Waals surface area contributed by atoms with Crippen LogP contribution in [0.5, 0.6) is 5.75 Å². The fourth-order valence-corrected chi connectivity index (χ4v) is 3.19. The van der Waals surface area contributed by atoms with Gasteiger partial charge in [0, 0.05) is 19.6 Å². The van der Waals surface area contributed by atoms with Gasteiger partial charge in [-0.05, 0) is 50.4 Å². The lowest BCUT2D eigenvalue weighted by atomic mass is 9.97. The molecule has 1 aromatic carbocycles. The highest BCUT2D eigenvalue weighted by atomic mass is 16.5. The summed E-state index contributed by atoms with van der Waals surface area (Å²) in [6.45, 7) is 5.69. The van der Waals surface area contributed by atoms with Crippen LogP contribution in [0.25, 0.3) is 0 Å². The van der Waals surface area contributed by atoms with E-state index in [0.29, 0.717) is 18.6 Å². The highest BCUT2D eigenvalue weighted by Gasteiger charge is 2.27. The summed E-state index contributed by atoms with van der Waals surface area (Å²) in [7, 11) is 0. The first kappa shape index (κ1) is 12.9. The van der Waals surface area contributed by atoms with Crippen molar-refractivity contribution in [1.82, 2.24) is 4.90 Å². The van der Waals surface area contributed by atoms with Gasteiger partial charge in [0.25, 0.3) is 0 Å². The van der Waals surface area contributed by atoms with Crippen LogP contribution >= 0.6 is 0 Å². The van der Waals surface area contributed by atoms with Crippen LogP contribution in [0, 0.1) is 12.8 Å². The first-order valence-electron chi connectivity index (χ1n) is 7.34. The number of fused-ring (bicyclic) bond motifs is 1. The van der Waals surface area contributed by atoms with Crippen molar-refractivity contribution >= 4 is 0 Å². The fraction of sp³-hybridized carbons (Fsp3) is 0.625. The van der Waals surface area contributed by atoms with E-state index in [0.717, 1.165) is 44.6 Å². The number of rotatable bonds is 3. The van der Waals surface area contributed by atoms with Crippen LogP contribution in [0.3, 0.4) is 0 Å². The third-order valence-corrected chi connectivity index (χ3v) is 4.38. The number of ether oxygens (including phenoxy) is 1. The van der Waals surface area contributed by atoms with Crippen LogP contribution in [0.2, 0.25) is 0 Å². The van der Waals surface area contributed by atoms with E-state index >= 15 is 0 Å². The molecule has 0 spiro atoms. The number of aliphatic hydroxyl groups is 1. The number of benzene rings is 1. The van der Waals surface area contributed by atoms with Crippen LogP contribution in [0.1, 0.15) is 24.0 Å². The lowest BCUT2D eigenvalue weighted by Crippen LogP contribution is -2.40. The van der Waals surface area contributed by atoms with Gasteiger partial charge in [0.05, 0.1) is 0 Å². The smallest absolute Gasteiger partial charge is 0.123 e. The van der Waals surface area contributed by atoms with E-state index in [-0.39, 0.29) is 0 Å². The Morgan fingerprint density at radius 3 is 2.84 bits per heavy atom. The molecule has 0 aliphatic carbocycles. The number of aryl methyl sites for hydroxylation is 1. The van der Waals surface area contributed by atoms with Gasteiger partial charge in [-0.1, -0.05) is 17.7 Å². The van der Waals surface area contributed by atoms with Gasteiger partial charge in [-0.3, -0.25) is 4.90 Å². The lowest BCUT2D eigenvalue weighted by molar-refractivity contribution is 0.0959. The molecule has 3 nitrogen and oxygen atoms in total. The molecular formula is C16H23NO2. The highest BCUT2D eigenvalue weighted by Crippen LogP contribution is 2.30. The number of aliphatic hydroxyl groups excluding tert-OH is 1. The number of nitrogens with zero attached hydrogens (tertiary/aromatic N) is 1. The molecule has 0 aromatic heterocycles. The summed E-state index contributed by atoms with van der Waals surface area (Å²) >= 11 is 0. The minimum atomic E-state index is 0.308. The van der Waals surface area contributed by atoms with Gasteiger partial charge in [0.2, 0.25) is 0 Å². The second kappa shape index (κ2) is 5.51. The molecule has 1 unspecified atom stereocenters. The Morgan fingerprint density at radius 2 is 2.11 bits per heavy atom. The second-order valence-corrected chi connectivity index (χ2v) is 5.98. The Hall–Kier alpha value is -1.06. The van der Waals surface area contributed by atoms with Crippen molar-refractivity contribution in [3.8, 4) is 5.75 Å². The monoisotopic (exact) mass is 261 g/mol. The first-order valence-corrected chi connectivity index (χ1v) is 7.34. The highest BCUT2D eigenvalue weighted by molar-refractivity contribution is 5.40. The van der Waals surface area contributed by atoms with Gasteiger partial charge in [0.1, 0.15) is 11.9 Å². The van der Waals surface area contributed by atoms with E-state index in [1.54, 1.807) is 0 Å². The molecule has 2 heterocycles. The van der Waals surface area contributed by atoms with E-state index in [2.05, 4.69) is 30.0 Å². The quantitative estimate of drug-likeness (QED) is 0.903. The molecular weight excluding hydrogens is 238 g/mol. The number of piperidine rings is 1. The van der Waals surface area contributed by atoms with Crippen molar-refractivity contribution in [3.05, 3.63) is 29.3 Å². The number of likely N-dealkylation sites (tertiary alicyclic amines) is 1. The molecule has 1 atom stereocenters. The Labute approximate surface area is 115 Å². The standard InChI is InChI=1S/C16H23NO2/c1-12-2-3-16-14(8-12)9-15(19-16)10-17-6-4-13(11-18)5-7-17/h2-3,8,13,15,18H,4-7,9-11H2,1H3. The zero-order valence-corrected chi connectivity index (χ0v) is 11.6. The summed E-state index contributed by atoms with van der Waals surface area (Å²) in [6.07, 6.45) is 3.59. The molecule has 1 fully saturated rings. The molecule has 3 rings (SSSR count). The summed E-state index contributed by atoms with van der Waals surface area (Å²) in [5.41, 5.74) is 2.67. The Bertz CT molecular complexity index is 438. The van der Waals surface area contributed by atoms with E-state index in [1.165, 1.54) is 11.1 Å². The van der Waals surface area contributed by atoms with Crippen molar-refractivity contribution in [2.45, 2.75) is 32.3 Å². The van der Waals surface area contributed by atoms with Gasteiger partial charge in [-0.15, -0.1) is 0 Å². The van der Waals surface area contributed by atoms with Gasteiger partial charge in [0.15, 0.2) is 0 Å². The Balaban J connectivity index is 1.53. The molecule has 0 radical (unpaired) electrons. The van der Waals surface area contributed by atoms with Crippen molar-refractivity contribution in [1.29, 1.82) is 0 Å². The third kappa shape index (κ3) is 2.93. The number of hydrogen-bond donors (Lipinski definition) is 1. The maximum Gasteiger partial charge on any atom is 0.123 e. The predicted molar refractivity (Wildman–Crippen MR) is 75.5 cm³/mol. The molecule has 19 heavy (non-hydrogen) atoms. The van der Waals surface area contributed by atoms with Gasteiger partial charge >= 0.3 is 0 Å². The molecule has 1 N–H and O–H groups in total. The molecule has 1 aromatic rings. The van der Waals surface area contributed by atoms with Crippen LogP contribution in [-0.2, 0) is 6.42 Å². The Morgan fingerprint density at radius 1 is 1.32 bits per heavy atom. The summed E-state index contributed by atoms with van der Waals surface area (Å²) in [6, 6.07) is 6.46. The van der Waals surface area contributed by atoms with Gasteiger partial charge in [-0.2, -0.15) is 0 Å². The van der Waals surface area contributed by atoms with E-state index < -0.39 is 0 Å². The Kier molecular flexibility index (Phi) is 3.76. The molecule has 1 saturated heterocycles. The summed E-state index contributed by atoms with van der Waals surface area (Å²) in [5, 5.41) is 9.16. The molecule has 0 bridgehead atoms. The third-order valence-electron chi connectivity index (χ3n) is 4.38. The summed E-state index contributed by atoms with van der Waals surface area (Å²) in [5.74, 6) is 1.58. The van der Waals surface area contributed by atoms with Crippen molar-refractivity contribution < 1.29 is 9.84 Å². The van der Waals surface area contributed by atoms with Crippen LogP contribution in [-0.4, -0.2) is 42.4 Å². The van der Waals surface area contributed by atoms with E-state index in [1.807, 2.05) is 0 Å². The van der Waals surface area contributed by atoms with E-state index in [9.17, 15) is 0 Å². The van der Waals surface area contributed by atoms with Crippen LogP contribution < -0.4 is 4.74 Å². The van der Waals surface area contributed by atoms with Gasteiger partial charge < -0.3 is 9.84 Å². The molecule has 2 aliphatic rings. The average molecular weight is 261 g/mol. The van der Waals surface area contributed by atoms with Crippen molar-refractivity contribution in [2.24, 2.45) is 5.92 Å². The minimum absolute atomic E-state index is 0.308. The SMILES string of the molecule is Cc1ccc2c(c1)CC(CN1CCC(CO)CC1)O2. The van der Waals surface area contributed by atoms with E-state index in [4.69, 9.17) is 9.84 Å². The summed E-state index contributed by atoms with van der Waals surface area (Å²) in [4.78, 5) is 2.48. The second-order valence-electron chi connectivity index (χ2n) is 5.98. The largest absolute Gasteiger partial charge is 0.488 e. The minimum Gasteiger partial charge on any atom is -0.488 e. The van der Waals surface area contributed by atoms with Crippen LogP contribution in [0.4, 0.5) is 0 Å². The molecule has 3 heteroatoms. The lowest BCUT2D eigenvalue weighted by Gasteiger charge is -2.32. The predicted octanol–water partition coefficient (Wildman–Crippen LogP) is 2.00. The average Bonchev–Trinajstić information content (AvgIpc) is 2.81. The maximum atomic E-state index is 9.16. The molecule has 104 valence electrons. The fourth-order valence-electron chi connectivity index (χ4n) is 3.19. The first-order chi connectivity index (χ1) is 9.24. The normalized spacial score (nSPS) is 24.2. The molecule has 0 saturated carbocycles. The zero-order chi connectivity index (χ0) is 13.2. The number of hydrogen-bond acceptors (Lipinski definition) is 3.